The van der Waals surface area contributed by atoms with E-state index in [1.807, 2.05) is 0 Å². The molecule has 1 atom stereocenters. The minimum absolute atomic E-state index is 0.0106. The Hall–Kier alpha value is -1.02. The van der Waals surface area contributed by atoms with Gasteiger partial charge in [-0.2, -0.15) is 4.31 Å². The Morgan fingerprint density at radius 1 is 1.29 bits per heavy atom. The highest BCUT2D eigenvalue weighted by Gasteiger charge is 2.37. The van der Waals surface area contributed by atoms with E-state index >= 15 is 0 Å². The van der Waals surface area contributed by atoms with Crippen molar-refractivity contribution in [3.63, 3.8) is 0 Å². The molecule has 0 radical (unpaired) electrons. The van der Waals surface area contributed by atoms with E-state index in [1.54, 1.807) is 0 Å². The largest absolute Gasteiger partial charge is 0.326 e. The van der Waals surface area contributed by atoms with Crippen molar-refractivity contribution in [3.05, 3.63) is 29.6 Å². The molecule has 0 aromatic heterocycles. The molecule has 0 amide bonds. The van der Waals surface area contributed by atoms with Gasteiger partial charge in [0.25, 0.3) is 0 Å². The number of benzene rings is 1. The summed E-state index contributed by atoms with van der Waals surface area (Å²) >= 11 is 0. The molecule has 1 aromatic rings. The quantitative estimate of drug-likeness (QED) is 0.894. The predicted molar refractivity (Wildman–Crippen MR) is 77.6 cm³/mol. The van der Waals surface area contributed by atoms with Crippen molar-refractivity contribution >= 4 is 10.0 Å². The van der Waals surface area contributed by atoms with Gasteiger partial charge in [-0.25, -0.2) is 12.8 Å². The Labute approximate surface area is 124 Å². The molecule has 116 valence electrons. The SMILES string of the molecule is NCc1c(F)cccc1S(=O)(=O)N1CCN2CCCC2C1. The fourth-order valence-corrected chi connectivity index (χ4v) is 5.01. The number of halogens is 1. The molecule has 2 aliphatic heterocycles. The third-order valence-corrected chi connectivity index (χ3v) is 6.40. The summed E-state index contributed by atoms with van der Waals surface area (Å²) in [4.78, 5) is 2.35. The van der Waals surface area contributed by atoms with Gasteiger partial charge >= 0.3 is 0 Å². The highest BCUT2D eigenvalue weighted by molar-refractivity contribution is 7.89. The van der Waals surface area contributed by atoms with Gasteiger partial charge in [0.05, 0.1) is 4.90 Å². The summed E-state index contributed by atoms with van der Waals surface area (Å²) in [7, 11) is -3.68. The maximum Gasteiger partial charge on any atom is 0.243 e. The maximum absolute atomic E-state index is 13.8. The lowest BCUT2D eigenvalue weighted by molar-refractivity contribution is 0.158. The van der Waals surface area contributed by atoms with Crippen LogP contribution in [0.25, 0.3) is 0 Å². The predicted octanol–water partition coefficient (Wildman–Crippen LogP) is 0.753. The Morgan fingerprint density at radius 3 is 2.86 bits per heavy atom. The molecule has 0 bridgehead atoms. The van der Waals surface area contributed by atoms with Crippen LogP contribution < -0.4 is 5.73 Å². The van der Waals surface area contributed by atoms with E-state index in [0.29, 0.717) is 19.1 Å². The summed E-state index contributed by atoms with van der Waals surface area (Å²) in [5.41, 5.74) is 5.61. The van der Waals surface area contributed by atoms with Crippen LogP contribution >= 0.6 is 0 Å². The number of rotatable bonds is 3. The van der Waals surface area contributed by atoms with Crippen molar-refractivity contribution < 1.29 is 12.8 Å². The Bertz CT molecular complexity index is 635. The van der Waals surface area contributed by atoms with Gasteiger partial charge in [-0.3, -0.25) is 4.90 Å². The van der Waals surface area contributed by atoms with Crippen LogP contribution in [0.15, 0.2) is 23.1 Å². The van der Waals surface area contributed by atoms with Gasteiger partial charge in [0.2, 0.25) is 10.0 Å². The minimum atomic E-state index is -3.68. The normalized spacial score (nSPS) is 24.2. The zero-order valence-corrected chi connectivity index (χ0v) is 12.7. The number of nitrogens with zero attached hydrogens (tertiary/aromatic N) is 2. The number of hydrogen-bond donors (Lipinski definition) is 1. The molecule has 2 saturated heterocycles. The topological polar surface area (TPSA) is 66.6 Å². The first-order chi connectivity index (χ1) is 10.0. The van der Waals surface area contributed by atoms with Crippen LogP contribution in [-0.4, -0.2) is 49.8 Å². The summed E-state index contributed by atoms with van der Waals surface area (Å²) < 4.78 is 40.9. The standard InChI is InChI=1S/C14H20FN3O2S/c15-13-4-1-5-14(12(13)9-16)21(19,20)18-8-7-17-6-2-3-11(17)10-18/h1,4-5,11H,2-3,6-10,16H2. The number of fused-ring (bicyclic) bond motifs is 1. The summed E-state index contributed by atoms with van der Waals surface area (Å²) in [5.74, 6) is -0.557. The third kappa shape index (κ3) is 2.59. The zero-order valence-electron chi connectivity index (χ0n) is 11.8. The fraction of sp³-hybridized carbons (Fsp3) is 0.571. The lowest BCUT2D eigenvalue weighted by Gasteiger charge is -2.36. The molecule has 2 heterocycles. The number of hydrogen-bond acceptors (Lipinski definition) is 4. The zero-order chi connectivity index (χ0) is 15.0. The van der Waals surface area contributed by atoms with Gasteiger partial charge in [-0.05, 0) is 31.5 Å². The Morgan fingerprint density at radius 2 is 2.10 bits per heavy atom. The van der Waals surface area contributed by atoms with Crippen LogP contribution in [0.2, 0.25) is 0 Å². The van der Waals surface area contributed by atoms with E-state index in [-0.39, 0.29) is 17.0 Å². The second-order valence-corrected chi connectivity index (χ2v) is 7.52. The van der Waals surface area contributed by atoms with E-state index in [1.165, 1.54) is 22.5 Å². The first-order valence-corrected chi connectivity index (χ1v) is 8.69. The van der Waals surface area contributed by atoms with Crippen molar-refractivity contribution in [2.75, 3.05) is 26.2 Å². The van der Waals surface area contributed by atoms with E-state index in [2.05, 4.69) is 4.90 Å². The van der Waals surface area contributed by atoms with Crippen LogP contribution in [-0.2, 0) is 16.6 Å². The third-order valence-electron chi connectivity index (χ3n) is 4.45. The lowest BCUT2D eigenvalue weighted by atomic mass is 10.2. The molecule has 7 heteroatoms. The van der Waals surface area contributed by atoms with Crippen molar-refractivity contribution in [2.24, 2.45) is 5.73 Å². The molecule has 0 spiro atoms. The molecule has 1 unspecified atom stereocenters. The lowest BCUT2D eigenvalue weighted by Crippen LogP contribution is -2.52. The van der Waals surface area contributed by atoms with Gasteiger partial charge in [0.1, 0.15) is 5.82 Å². The van der Waals surface area contributed by atoms with E-state index < -0.39 is 15.8 Å². The smallest absolute Gasteiger partial charge is 0.243 e. The van der Waals surface area contributed by atoms with Crippen molar-refractivity contribution in [3.8, 4) is 0 Å². The van der Waals surface area contributed by atoms with Crippen molar-refractivity contribution in [2.45, 2.75) is 30.3 Å². The monoisotopic (exact) mass is 313 g/mol. The summed E-state index contributed by atoms with van der Waals surface area (Å²) in [6.45, 7) is 2.62. The first-order valence-electron chi connectivity index (χ1n) is 7.25. The Balaban J connectivity index is 1.92. The van der Waals surface area contributed by atoms with Crippen LogP contribution in [0, 0.1) is 5.82 Å². The summed E-state index contributed by atoms with van der Waals surface area (Å²) in [6, 6.07) is 4.41. The molecule has 0 aliphatic carbocycles. The molecule has 0 saturated carbocycles. The molecule has 1 aromatic carbocycles. The van der Waals surface area contributed by atoms with Crippen LogP contribution in [0.5, 0.6) is 0 Å². The molecule has 5 nitrogen and oxygen atoms in total. The summed E-state index contributed by atoms with van der Waals surface area (Å²) in [6.07, 6.45) is 2.14. The van der Waals surface area contributed by atoms with E-state index in [4.69, 9.17) is 5.73 Å². The van der Waals surface area contributed by atoms with E-state index in [0.717, 1.165) is 25.9 Å². The number of piperazine rings is 1. The maximum atomic E-state index is 13.8. The average molecular weight is 313 g/mol. The highest BCUT2D eigenvalue weighted by Crippen LogP contribution is 2.27. The second kappa shape index (κ2) is 5.64. The van der Waals surface area contributed by atoms with Gasteiger partial charge in [-0.1, -0.05) is 6.07 Å². The van der Waals surface area contributed by atoms with Crippen molar-refractivity contribution in [1.82, 2.24) is 9.21 Å². The summed E-state index contributed by atoms with van der Waals surface area (Å²) in [5, 5.41) is 0. The first kappa shape index (κ1) is 14.9. The molecule has 3 rings (SSSR count). The molecule has 2 aliphatic rings. The minimum Gasteiger partial charge on any atom is -0.326 e. The number of sulfonamides is 1. The van der Waals surface area contributed by atoms with Gasteiger partial charge < -0.3 is 5.73 Å². The van der Waals surface area contributed by atoms with Gasteiger partial charge in [-0.15, -0.1) is 0 Å². The van der Waals surface area contributed by atoms with Crippen LogP contribution in [0.4, 0.5) is 4.39 Å². The highest BCUT2D eigenvalue weighted by atomic mass is 32.2. The Kier molecular flexibility index (Phi) is 4.00. The van der Waals surface area contributed by atoms with Crippen LogP contribution in [0.3, 0.4) is 0 Å². The van der Waals surface area contributed by atoms with Crippen molar-refractivity contribution in [1.29, 1.82) is 0 Å². The van der Waals surface area contributed by atoms with E-state index in [9.17, 15) is 12.8 Å². The average Bonchev–Trinajstić information content (AvgIpc) is 2.94. The molecular weight excluding hydrogens is 293 g/mol. The molecule has 2 N–H and O–H groups in total. The van der Waals surface area contributed by atoms with Crippen LogP contribution in [0.1, 0.15) is 18.4 Å². The van der Waals surface area contributed by atoms with Gasteiger partial charge in [0.15, 0.2) is 0 Å². The molecule has 21 heavy (non-hydrogen) atoms. The van der Waals surface area contributed by atoms with Gasteiger partial charge in [0, 0.05) is 37.8 Å². The fourth-order valence-electron chi connectivity index (χ4n) is 3.30. The molecule has 2 fully saturated rings. The molecular formula is C14H20FN3O2S. The number of nitrogens with two attached hydrogens (primary N) is 1. The second-order valence-electron chi connectivity index (χ2n) is 5.62.